The molecule has 4 nitrogen and oxygen atoms in total. The number of nitrogens with zero attached hydrogens (tertiary/aromatic N) is 2. The summed E-state index contributed by atoms with van der Waals surface area (Å²) < 4.78 is 6.64. The highest BCUT2D eigenvalue weighted by Gasteiger charge is 2.19. The first-order chi connectivity index (χ1) is 7.51. The summed E-state index contributed by atoms with van der Waals surface area (Å²) in [6, 6.07) is 0. The van der Waals surface area contributed by atoms with Crippen LogP contribution >= 0.6 is 11.6 Å². The number of methoxy groups -OCH3 is 1. The summed E-state index contributed by atoms with van der Waals surface area (Å²) in [4.78, 5) is 11.7. The Morgan fingerprint density at radius 3 is 2.69 bits per heavy atom. The molecule has 5 heteroatoms. The van der Waals surface area contributed by atoms with Gasteiger partial charge in [-0.3, -0.25) is 9.48 Å². The molecule has 1 heterocycles. The number of aromatic nitrogens is 2. The smallest absolute Gasteiger partial charge is 0.167 e. The highest BCUT2D eigenvalue weighted by atomic mass is 35.5. The molecular formula is C11H17ClN2O2. The molecule has 90 valence electrons. The Kier molecular flexibility index (Phi) is 4.50. The minimum atomic E-state index is -0.406. The van der Waals surface area contributed by atoms with Crippen LogP contribution < -0.4 is 0 Å². The summed E-state index contributed by atoms with van der Waals surface area (Å²) in [6.07, 6.45) is 0.619. The first-order valence-electron chi connectivity index (χ1n) is 5.27. The first kappa shape index (κ1) is 13.2. The zero-order chi connectivity index (χ0) is 12.3. The second kappa shape index (κ2) is 5.46. The van der Waals surface area contributed by atoms with Crippen molar-refractivity contribution in [1.82, 2.24) is 9.78 Å². The number of rotatable bonds is 5. The zero-order valence-electron chi connectivity index (χ0n) is 10.1. The van der Waals surface area contributed by atoms with E-state index in [4.69, 9.17) is 16.3 Å². The molecule has 1 aromatic heterocycles. The molecule has 0 bridgehead atoms. The second-order valence-corrected chi connectivity index (χ2v) is 4.08. The average Bonchev–Trinajstić information content (AvgIpc) is 2.55. The van der Waals surface area contributed by atoms with E-state index in [0.29, 0.717) is 5.02 Å². The number of halogens is 1. The minimum Gasteiger partial charge on any atom is -0.374 e. The van der Waals surface area contributed by atoms with E-state index in [9.17, 15) is 4.79 Å². The molecule has 0 aliphatic rings. The fourth-order valence-corrected chi connectivity index (χ4v) is 1.81. The van der Waals surface area contributed by atoms with E-state index < -0.39 is 6.10 Å². The van der Waals surface area contributed by atoms with Crippen molar-refractivity contribution in [3.8, 4) is 0 Å². The molecule has 1 atom stereocenters. The Balaban J connectivity index is 2.89. The second-order valence-electron chi connectivity index (χ2n) is 3.71. The van der Waals surface area contributed by atoms with Crippen LogP contribution in [0.2, 0.25) is 5.02 Å². The van der Waals surface area contributed by atoms with Gasteiger partial charge in [0.05, 0.1) is 22.8 Å². The van der Waals surface area contributed by atoms with Gasteiger partial charge in [0.2, 0.25) is 0 Å². The van der Waals surface area contributed by atoms with Crippen molar-refractivity contribution in [1.29, 1.82) is 0 Å². The van der Waals surface area contributed by atoms with Gasteiger partial charge in [0.15, 0.2) is 5.78 Å². The Bertz CT molecular complexity index is 388. The minimum absolute atomic E-state index is 0.00931. The van der Waals surface area contributed by atoms with E-state index in [-0.39, 0.29) is 12.2 Å². The van der Waals surface area contributed by atoms with Crippen LogP contribution in [0.15, 0.2) is 0 Å². The van der Waals surface area contributed by atoms with Gasteiger partial charge in [0.1, 0.15) is 6.10 Å². The molecule has 0 saturated heterocycles. The molecular weight excluding hydrogens is 228 g/mol. The molecule has 0 aliphatic carbocycles. The van der Waals surface area contributed by atoms with E-state index in [1.54, 1.807) is 18.7 Å². The van der Waals surface area contributed by atoms with Crippen molar-refractivity contribution < 1.29 is 9.53 Å². The topological polar surface area (TPSA) is 44.1 Å². The van der Waals surface area contributed by atoms with Gasteiger partial charge in [-0.05, 0) is 13.3 Å². The lowest BCUT2D eigenvalue weighted by Gasteiger charge is -2.08. The maximum atomic E-state index is 11.7. The van der Waals surface area contributed by atoms with E-state index >= 15 is 0 Å². The van der Waals surface area contributed by atoms with Crippen LogP contribution in [-0.4, -0.2) is 28.8 Å². The third-order valence-corrected chi connectivity index (χ3v) is 3.09. The molecule has 0 amide bonds. The standard InChI is InChI=1S/C11H17ClN2O2/c1-5-8-11(12)9(14(3)13-8)6-10(15)7(2)16-4/h7H,5-6H2,1-4H3. The fraction of sp³-hybridized carbons (Fsp3) is 0.636. The van der Waals surface area contributed by atoms with Gasteiger partial charge in [-0.15, -0.1) is 0 Å². The molecule has 0 N–H and O–H groups in total. The van der Waals surface area contributed by atoms with Crippen LogP contribution in [-0.2, 0) is 29.4 Å². The molecule has 1 unspecified atom stereocenters. The van der Waals surface area contributed by atoms with Crippen molar-refractivity contribution in [2.45, 2.75) is 32.8 Å². The fourth-order valence-electron chi connectivity index (χ4n) is 1.45. The first-order valence-corrected chi connectivity index (χ1v) is 5.64. The Morgan fingerprint density at radius 2 is 2.25 bits per heavy atom. The number of aryl methyl sites for hydroxylation is 2. The largest absolute Gasteiger partial charge is 0.374 e. The predicted molar refractivity (Wildman–Crippen MR) is 62.8 cm³/mol. The SMILES string of the molecule is CCc1nn(C)c(CC(=O)C(C)OC)c1Cl. The molecule has 0 saturated carbocycles. The Labute approximate surface area is 101 Å². The molecule has 0 aromatic carbocycles. The van der Waals surface area contributed by atoms with Gasteiger partial charge < -0.3 is 4.74 Å². The summed E-state index contributed by atoms with van der Waals surface area (Å²) in [5.74, 6) is 0.00931. The van der Waals surface area contributed by atoms with Crippen LogP contribution in [0, 0.1) is 0 Å². The van der Waals surface area contributed by atoms with Crippen LogP contribution in [0.25, 0.3) is 0 Å². The molecule has 0 fully saturated rings. The van der Waals surface area contributed by atoms with E-state index in [2.05, 4.69) is 5.10 Å². The van der Waals surface area contributed by atoms with Crippen molar-refractivity contribution in [2.24, 2.45) is 7.05 Å². The van der Waals surface area contributed by atoms with Gasteiger partial charge in [-0.25, -0.2) is 0 Å². The van der Waals surface area contributed by atoms with Crippen molar-refractivity contribution in [3.05, 3.63) is 16.4 Å². The van der Waals surface area contributed by atoms with E-state index in [1.165, 1.54) is 7.11 Å². The number of ketones is 1. The third-order valence-electron chi connectivity index (χ3n) is 2.65. The molecule has 0 aliphatic heterocycles. The van der Waals surface area contributed by atoms with Crippen LogP contribution in [0.4, 0.5) is 0 Å². The van der Waals surface area contributed by atoms with Gasteiger partial charge in [0, 0.05) is 14.2 Å². The number of ether oxygens (including phenoxy) is 1. The van der Waals surface area contributed by atoms with Crippen LogP contribution in [0.3, 0.4) is 0 Å². The highest BCUT2D eigenvalue weighted by Crippen LogP contribution is 2.21. The van der Waals surface area contributed by atoms with Crippen molar-refractivity contribution >= 4 is 17.4 Å². The number of carbonyl (C=O) groups excluding carboxylic acids is 1. The van der Waals surface area contributed by atoms with Crippen LogP contribution in [0.5, 0.6) is 0 Å². The van der Waals surface area contributed by atoms with Crippen LogP contribution in [0.1, 0.15) is 25.2 Å². The Hall–Kier alpha value is -0.870. The number of hydrogen-bond donors (Lipinski definition) is 0. The zero-order valence-corrected chi connectivity index (χ0v) is 10.8. The maximum Gasteiger partial charge on any atom is 0.167 e. The number of Topliss-reactive ketones (excluding diaryl/α,β-unsaturated/α-hetero) is 1. The summed E-state index contributed by atoms with van der Waals surface area (Å²) in [6.45, 7) is 3.71. The molecule has 16 heavy (non-hydrogen) atoms. The quantitative estimate of drug-likeness (QED) is 0.793. The summed E-state index contributed by atoms with van der Waals surface area (Å²) in [5, 5.41) is 4.86. The number of carbonyl (C=O) groups is 1. The molecule has 1 rings (SSSR count). The maximum absolute atomic E-state index is 11.7. The van der Waals surface area contributed by atoms with E-state index in [1.807, 2.05) is 6.92 Å². The summed E-state index contributed by atoms with van der Waals surface area (Å²) >= 11 is 6.15. The third kappa shape index (κ3) is 2.62. The normalized spacial score (nSPS) is 12.8. The van der Waals surface area contributed by atoms with Crippen molar-refractivity contribution in [3.63, 3.8) is 0 Å². The average molecular weight is 245 g/mol. The summed E-state index contributed by atoms with van der Waals surface area (Å²) in [5.41, 5.74) is 1.59. The van der Waals surface area contributed by atoms with Gasteiger partial charge >= 0.3 is 0 Å². The molecule has 1 aromatic rings. The van der Waals surface area contributed by atoms with Gasteiger partial charge in [-0.2, -0.15) is 5.10 Å². The van der Waals surface area contributed by atoms with E-state index in [0.717, 1.165) is 17.8 Å². The lowest BCUT2D eigenvalue weighted by Crippen LogP contribution is -2.22. The number of hydrogen-bond acceptors (Lipinski definition) is 3. The molecule has 0 spiro atoms. The predicted octanol–water partition coefficient (Wildman–Crippen LogP) is 1.78. The monoisotopic (exact) mass is 244 g/mol. The molecule has 0 radical (unpaired) electrons. The summed E-state index contributed by atoms with van der Waals surface area (Å²) in [7, 11) is 3.32. The van der Waals surface area contributed by atoms with Crippen molar-refractivity contribution in [2.75, 3.05) is 7.11 Å². The van der Waals surface area contributed by atoms with Gasteiger partial charge in [0.25, 0.3) is 0 Å². The lowest BCUT2D eigenvalue weighted by molar-refractivity contribution is -0.127. The lowest BCUT2D eigenvalue weighted by atomic mass is 10.1. The highest BCUT2D eigenvalue weighted by molar-refractivity contribution is 6.32. The Morgan fingerprint density at radius 1 is 1.62 bits per heavy atom. The van der Waals surface area contributed by atoms with Gasteiger partial charge in [-0.1, -0.05) is 18.5 Å².